The monoisotopic (exact) mass is 563 g/mol. The van der Waals surface area contributed by atoms with Crippen LogP contribution in [-0.2, 0) is 22.3 Å². The van der Waals surface area contributed by atoms with Crippen molar-refractivity contribution in [1.29, 1.82) is 0 Å². The van der Waals surface area contributed by atoms with Crippen molar-refractivity contribution in [3.8, 4) is 0 Å². The van der Waals surface area contributed by atoms with Crippen molar-refractivity contribution in [2.45, 2.75) is 25.2 Å². The molecule has 2 aliphatic rings. The van der Waals surface area contributed by atoms with E-state index in [-0.39, 0.29) is 23.0 Å². The zero-order valence-electron chi connectivity index (χ0n) is 20.4. The number of alkyl halides is 3. The maximum Gasteiger partial charge on any atom is 0.416 e. The molecule has 2 atom stereocenters. The molecule has 2 fully saturated rings. The third-order valence-electron chi connectivity index (χ3n) is 6.49. The molecule has 0 aliphatic carbocycles. The summed E-state index contributed by atoms with van der Waals surface area (Å²) >= 11 is 7.09. The van der Waals surface area contributed by atoms with E-state index in [0.717, 1.165) is 30.0 Å². The maximum absolute atomic E-state index is 13.5. The molecule has 5 rings (SSSR count). The lowest BCUT2D eigenvalue weighted by atomic mass is 10.1. The molecule has 0 radical (unpaired) electrons. The summed E-state index contributed by atoms with van der Waals surface area (Å²) < 4.78 is 47.2. The molecule has 2 saturated heterocycles. The highest BCUT2D eigenvalue weighted by Gasteiger charge is 2.33. The molecule has 0 bridgehead atoms. The van der Waals surface area contributed by atoms with E-state index in [4.69, 9.17) is 16.3 Å². The molecule has 0 saturated carbocycles. The van der Waals surface area contributed by atoms with Gasteiger partial charge in [-0.1, -0.05) is 23.7 Å². The fourth-order valence-corrected chi connectivity index (χ4v) is 5.67. The van der Waals surface area contributed by atoms with Crippen molar-refractivity contribution >= 4 is 51.4 Å². The summed E-state index contributed by atoms with van der Waals surface area (Å²) in [6.45, 7) is 2.11. The number of carbonyl (C=O) groups is 1. The molecule has 2 unspecified atom stereocenters. The van der Waals surface area contributed by atoms with Gasteiger partial charge in [0, 0.05) is 36.7 Å². The number of methoxy groups -OCH3 is 1. The number of amidine groups is 1. The first-order valence-corrected chi connectivity index (χ1v) is 13.2. The lowest BCUT2D eigenvalue weighted by Gasteiger charge is -2.14. The predicted molar refractivity (Wildman–Crippen MR) is 143 cm³/mol. The van der Waals surface area contributed by atoms with Crippen LogP contribution in [0.4, 0.5) is 13.2 Å². The smallest absolute Gasteiger partial charge is 0.383 e. The van der Waals surface area contributed by atoms with Gasteiger partial charge < -0.3 is 15.4 Å². The van der Waals surface area contributed by atoms with Crippen LogP contribution in [-0.4, -0.2) is 53.7 Å². The van der Waals surface area contributed by atoms with Gasteiger partial charge >= 0.3 is 6.18 Å². The number of aliphatic imine (C=N–C) groups is 1. The van der Waals surface area contributed by atoms with Crippen LogP contribution < -0.4 is 10.6 Å². The number of ether oxygens (including phenoxy) is 1. The molecule has 2 N–H and O–H groups in total. The minimum absolute atomic E-state index is 0.0253. The molecule has 12 heteroatoms. The van der Waals surface area contributed by atoms with Gasteiger partial charge in [-0.2, -0.15) is 18.3 Å². The number of nitrogens with one attached hydrogen (secondary N) is 2. The molecule has 0 spiro atoms. The zero-order chi connectivity index (χ0) is 26.9. The van der Waals surface area contributed by atoms with Gasteiger partial charge in [-0.05, 0) is 65.6 Å². The Kier molecular flexibility index (Phi) is 7.80. The summed E-state index contributed by atoms with van der Waals surface area (Å²) in [5, 5.41) is 11.9. The number of halogens is 4. The highest BCUT2D eigenvalue weighted by Crippen LogP contribution is 2.34. The van der Waals surface area contributed by atoms with Gasteiger partial charge in [0.2, 0.25) is 0 Å². The number of thioether (sulfide) groups is 1. The SMILES string of the molecule is COCC1CC(CN=C2NC(=O)C(=Cc3ccc4c(cnn4Cc4ccc(Cl)cc4C(F)(F)F)c3)S2)CN1. The van der Waals surface area contributed by atoms with E-state index in [2.05, 4.69) is 20.7 Å². The Labute approximate surface area is 226 Å². The molecule has 200 valence electrons. The lowest BCUT2D eigenvalue weighted by molar-refractivity contribution is -0.138. The quantitative estimate of drug-likeness (QED) is 0.398. The fourth-order valence-electron chi connectivity index (χ4n) is 4.67. The standard InChI is InChI=1S/C26H25ClF3N5O2S/c1-37-14-20-7-16(10-31-20)11-32-25-34-24(36)23(38-25)8-15-2-5-22-18(6-15)12-33-35(22)13-17-3-4-19(27)9-21(17)26(28,29)30/h2-6,8-9,12,16,20,31H,7,10-11,13-14H2,1H3,(H,32,34,36). The molecule has 1 amide bonds. The number of nitrogens with zero attached hydrogens (tertiary/aromatic N) is 3. The van der Waals surface area contributed by atoms with E-state index < -0.39 is 11.7 Å². The van der Waals surface area contributed by atoms with Crippen LogP contribution in [0.5, 0.6) is 0 Å². The predicted octanol–water partition coefficient (Wildman–Crippen LogP) is 4.94. The minimum Gasteiger partial charge on any atom is -0.383 e. The van der Waals surface area contributed by atoms with E-state index >= 15 is 0 Å². The Morgan fingerprint density at radius 2 is 2.13 bits per heavy atom. The van der Waals surface area contributed by atoms with Gasteiger partial charge in [-0.3, -0.25) is 14.5 Å². The van der Waals surface area contributed by atoms with Crippen LogP contribution in [0, 0.1) is 5.92 Å². The fraction of sp³-hybridized carbons (Fsp3) is 0.346. The van der Waals surface area contributed by atoms with Crippen molar-refractivity contribution in [2.75, 3.05) is 26.8 Å². The molecule has 38 heavy (non-hydrogen) atoms. The normalized spacial score (nSPS) is 22.2. The van der Waals surface area contributed by atoms with Crippen LogP contribution in [0.25, 0.3) is 17.0 Å². The van der Waals surface area contributed by atoms with Crippen LogP contribution >= 0.6 is 23.4 Å². The van der Waals surface area contributed by atoms with Crippen LogP contribution in [0.1, 0.15) is 23.1 Å². The van der Waals surface area contributed by atoms with Crippen molar-refractivity contribution < 1.29 is 22.7 Å². The average molecular weight is 564 g/mol. The molecule has 2 aliphatic heterocycles. The largest absolute Gasteiger partial charge is 0.416 e. The number of rotatable bonds is 7. The minimum atomic E-state index is -4.52. The van der Waals surface area contributed by atoms with Gasteiger partial charge in [-0.25, -0.2) is 0 Å². The number of hydrogen-bond acceptors (Lipinski definition) is 6. The van der Waals surface area contributed by atoms with Crippen molar-refractivity contribution in [3.63, 3.8) is 0 Å². The van der Waals surface area contributed by atoms with Gasteiger partial charge in [0.1, 0.15) is 0 Å². The summed E-state index contributed by atoms with van der Waals surface area (Å²) in [5.74, 6) is 0.181. The summed E-state index contributed by atoms with van der Waals surface area (Å²) in [6.07, 6.45) is -0.173. The van der Waals surface area contributed by atoms with Gasteiger partial charge in [0.25, 0.3) is 5.91 Å². The number of amides is 1. The summed E-state index contributed by atoms with van der Waals surface area (Å²) in [6, 6.07) is 9.51. The molecule has 3 aromatic rings. The second-order valence-electron chi connectivity index (χ2n) is 9.29. The zero-order valence-corrected chi connectivity index (χ0v) is 22.0. The first kappa shape index (κ1) is 26.7. The van der Waals surface area contributed by atoms with Gasteiger partial charge in [-0.15, -0.1) is 0 Å². The number of benzene rings is 2. The van der Waals surface area contributed by atoms with Crippen LogP contribution in [0.3, 0.4) is 0 Å². The molecule has 3 heterocycles. The first-order chi connectivity index (χ1) is 18.2. The Bertz CT molecular complexity index is 1420. The van der Waals surface area contributed by atoms with Gasteiger partial charge in [0.15, 0.2) is 5.17 Å². The molecule has 2 aromatic carbocycles. The number of fused-ring (bicyclic) bond motifs is 1. The van der Waals surface area contributed by atoms with Crippen molar-refractivity contribution in [1.82, 2.24) is 20.4 Å². The van der Waals surface area contributed by atoms with Crippen molar-refractivity contribution in [2.24, 2.45) is 10.9 Å². The van der Waals surface area contributed by atoms with Crippen LogP contribution in [0.15, 0.2) is 52.5 Å². The topological polar surface area (TPSA) is 80.5 Å². The Hall–Kier alpha value is -2.86. The second-order valence-corrected chi connectivity index (χ2v) is 10.8. The van der Waals surface area contributed by atoms with Crippen LogP contribution in [0.2, 0.25) is 5.02 Å². The molecule has 1 aromatic heterocycles. The highest BCUT2D eigenvalue weighted by atomic mass is 35.5. The Morgan fingerprint density at radius 1 is 1.29 bits per heavy atom. The number of hydrogen-bond donors (Lipinski definition) is 2. The average Bonchev–Trinajstić information content (AvgIpc) is 3.58. The second kappa shape index (κ2) is 11.1. The summed E-state index contributed by atoms with van der Waals surface area (Å²) in [7, 11) is 1.69. The van der Waals surface area contributed by atoms with E-state index in [0.29, 0.717) is 40.7 Å². The Balaban J connectivity index is 1.29. The Morgan fingerprint density at radius 3 is 2.92 bits per heavy atom. The maximum atomic E-state index is 13.5. The van der Waals surface area contributed by atoms with E-state index in [9.17, 15) is 18.0 Å². The first-order valence-electron chi connectivity index (χ1n) is 12.0. The van der Waals surface area contributed by atoms with E-state index in [1.54, 1.807) is 25.4 Å². The lowest BCUT2D eigenvalue weighted by Crippen LogP contribution is -2.25. The summed E-state index contributed by atoms with van der Waals surface area (Å²) in [5.41, 5.74) is 0.751. The van der Waals surface area contributed by atoms with Crippen molar-refractivity contribution in [3.05, 3.63) is 69.2 Å². The molecule has 7 nitrogen and oxygen atoms in total. The third-order valence-corrected chi connectivity index (χ3v) is 7.67. The number of aromatic nitrogens is 2. The van der Waals surface area contributed by atoms with E-state index in [1.165, 1.54) is 28.6 Å². The number of carbonyl (C=O) groups excluding carboxylic acids is 1. The third kappa shape index (κ3) is 6.06. The van der Waals surface area contributed by atoms with E-state index in [1.807, 2.05) is 12.1 Å². The highest BCUT2D eigenvalue weighted by molar-refractivity contribution is 8.18. The molecular formula is C26H25ClF3N5O2S. The molecular weight excluding hydrogens is 539 g/mol. The van der Waals surface area contributed by atoms with Gasteiger partial charge in [0.05, 0.1) is 35.3 Å². The summed E-state index contributed by atoms with van der Waals surface area (Å²) in [4.78, 5) is 17.6.